The molecule has 5 heterocycles. The first-order valence-electron chi connectivity index (χ1n) is 14.9. The zero-order chi connectivity index (χ0) is 29.0. The fourth-order valence-electron chi connectivity index (χ4n) is 6.24. The molecular formula is C36H26N8. The van der Waals surface area contributed by atoms with Crippen molar-refractivity contribution >= 4 is 57.0 Å². The topological polar surface area (TPSA) is 109 Å². The Hall–Kier alpha value is -5.76. The van der Waals surface area contributed by atoms with Gasteiger partial charge in [-0.15, -0.1) is 0 Å². The summed E-state index contributed by atoms with van der Waals surface area (Å²) >= 11 is 0. The molecule has 210 valence electrons. The third-order valence-corrected chi connectivity index (χ3v) is 8.41. The smallest absolute Gasteiger partial charge is 0.164 e. The molecule has 0 saturated heterocycles. The Kier molecular flexibility index (Phi) is 5.59. The van der Waals surface area contributed by atoms with Gasteiger partial charge in [0.15, 0.2) is 23.3 Å². The zero-order valence-electron chi connectivity index (χ0n) is 23.7. The Morgan fingerprint density at radius 1 is 0.455 bits per heavy atom. The molecule has 3 aromatic rings. The van der Waals surface area contributed by atoms with Gasteiger partial charge >= 0.3 is 0 Å². The van der Waals surface area contributed by atoms with Gasteiger partial charge in [0, 0.05) is 22.3 Å². The van der Waals surface area contributed by atoms with E-state index in [0.717, 1.165) is 59.1 Å². The summed E-state index contributed by atoms with van der Waals surface area (Å²) in [4.78, 5) is 36.9. The summed E-state index contributed by atoms with van der Waals surface area (Å²) in [6.45, 7) is 0. The second-order valence-electron chi connectivity index (χ2n) is 11.3. The number of nitrogens with one attached hydrogen (secondary N) is 2. The number of hydrogen-bond acceptors (Lipinski definition) is 6. The van der Waals surface area contributed by atoms with Crippen molar-refractivity contribution in [3.8, 4) is 0 Å². The molecule has 0 radical (unpaired) electrons. The lowest BCUT2D eigenvalue weighted by Gasteiger charge is -2.00. The Labute approximate surface area is 252 Å². The summed E-state index contributed by atoms with van der Waals surface area (Å²) < 4.78 is 0. The Morgan fingerprint density at radius 3 is 1.25 bits per heavy atom. The van der Waals surface area contributed by atoms with Crippen molar-refractivity contribution in [3.63, 3.8) is 0 Å². The van der Waals surface area contributed by atoms with Crippen LogP contribution < -0.4 is 0 Å². The number of H-pyrrole nitrogens is 2. The number of aromatic amines is 2. The molecule has 6 aliphatic rings. The minimum Gasteiger partial charge on any atom is -0.324 e. The third-order valence-electron chi connectivity index (χ3n) is 8.41. The maximum absolute atomic E-state index is 5.04. The molecule has 8 nitrogen and oxygen atoms in total. The summed E-state index contributed by atoms with van der Waals surface area (Å²) in [6.07, 6.45) is 32.8. The second-order valence-corrected chi connectivity index (χ2v) is 11.3. The lowest BCUT2D eigenvalue weighted by Crippen LogP contribution is -1.90. The Bertz CT molecular complexity index is 2110. The van der Waals surface area contributed by atoms with E-state index < -0.39 is 0 Å². The van der Waals surface area contributed by atoms with Crippen LogP contribution in [0.5, 0.6) is 0 Å². The van der Waals surface area contributed by atoms with E-state index in [1.165, 1.54) is 11.1 Å². The van der Waals surface area contributed by atoms with Crippen molar-refractivity contribution in [2.45, 2.75) is 25.7 Å². The molecule has 0 spiro atoms. The van der Waals surface area contributed by atoms with Crippen LogP contribution in [0.4, 0.5) is 0 Å². The summed E-state index contributed by atoms with van der Waals surface area (Å²) in [5.74, 6) is 2.44. The van der Waals surface area contributed by atoms with Crippen LogP contribution >= 0.6 is 0 Å². The number of fused-ring (bicyclic) bond motifs is 8. The van der Waals surface area contributed by atoms with Crippen LogP contribution in [-0.4, -0.2) is 39.9 Å². The van der Waals surface area contributed by atoms with Crippen LogP contribution in [0.25, 0.3) is 57.0 Å². The molecule has 8 bridgehead atoms. The zero-order valence-corrected chi connectivity index (χ0v) is 23.7. The van der Waals surface area contributed by atoms with E-state index in [-0.39, 0.29) is 0 Å². The lowest BCUT2D eigenvalue weighted by atomic mass is 10.1. The maximum atomic E-state index is 5.04. The lowest BCUT2D eigenvalue weighted by molar-refractivity contribution is 1.10. The summed E-state index contributed by atoms with van der Waals surface area (Å²) in [6, 6.07) is 4.11. The van der Waals surface area contributed by atoms with E-state index in [0.29, 0.717) is 45.9 Å². The van der Waals surface area contributed by atoms with Crippen molar-refractivity contribution in [3.05, 3.63) is 131 Å². The molecule has 44 heavy (non-hydrogen) atoms. The van der Waals surface area contributed by atoms with E-state index in [4.69, 9.17) is 29.9 Å². The Balaban J connectivity index is 1.34. The van der Waals surface area contributed by atoms with Gasteiger partial charge in [0.25, 0.3) is 0 Å². The first-order chi connectivity index (χ1) is 21.7. The summed E-state index contributed by atoms with van der Waals surface area (Å²) in [5.41, 5.74) is 11.4. The predicted octanol–water partition coefficient (Wildman–Crippen LogP) is 7.44. The average Bonchev–Trinajstić information content (AvgIpc) is 3.86. The van der Waals surface area contributed by atoms with Crippen LogP contribution in [-0.2, 0) is 0 Å². The number of allylic oxidation sites excluding steroid dienone is 18. The van der Waals surface area contributed by atoms with Crippen molar-refractivity contribution in [1.29, 1.82) is 0 Å². The minimum atomic E-state index is 0.593. The first-order valence-corrected chi connectivity index (χ1v) is 14.9. The van der Waals surface area contributed by atoms with Crippen LogP contribution in [0, 0.1) is 0 Å². The molecule has 2 aliphatic heterocycles. The quantitative estimate of drug-likeness (QED) is 0.338. The second kappa shape index (κ2) is 9.91. The molecule has 0 atom stereocenters. The SMILES string of the molecule is C1=CCC(C2=Cc3nc2nc2cc(C4=CC=CC4)c(nc4nc(nc5cc(C6=CC=CC6)c(n3)[nH]5)C(C3=CC=CC3)=C4)[nH]2)=C1. The van der Waals surface area contributed by atoms with Crippen molar-refractivity contribution in [2.24, 2.45) is 0 Å². The fraction of sp³-hybridized carbons (Fsp3) is 0.111. The van der Waals surface area contributed by atoms with Crippen LogP contribution in [0.2, 0.25) is 0 Å². The fourth-order valence-corrected chi connectivity index (χ4v) is 6.24. The maximum Gasteiger partial charge on any atom is 0.164 e. The molecule has 8 heteroatoms. The number of aromatic nitrogens is 8. The molecule has 0 amide bonds. The van der Waals surface area contributed by atoms with Gasteiger partial charge in [0.2, 0.25) is 0 Å². The normalized spacial score (nSPS) is 18.1. The van der Waals surface area contributed by atoms with Crippen LogP contribution in [0.15, 0.2) is 96.2 Å². The third kappa shape index (κ3) is 4.31. The van der Waals surface area contributed by atoms with E-state index in [1.54, 1.807) is 0 Å². The Morgan fingerprint density at radius 2 is 0.864 bits per heavy atom. The van der Waals surface area contributed by atoms with Gasteiger partial charge in [-0.25, -0.2) is 29.9 Å². The number of rotatable bonds is 4. The molecule has 0 fully saturated rings. The van der Waals surface area contributed by atoms with Gasteiger partial charge in [-0.1, -0.05) is 72.9 Å². The average molecular weight is 571 g/mol. The first kappa shape index (κ1) is 24.8. The molecule has 0 unspecified atom stereocenters. The van der Waals surface area contributed by atoms with Crippen molar-refractivity contribution < 1.29 is 0 Å². The highest BCUT2D eigenvalue weighted by molar-refractivity contribution is 5.93. The minimum absolute atomic E-state index is 0.593. The van der Waals surface area contributed by atoms with Gasteiger partial charge in [0.1, 0.15) is 22.6 Å². The highest BCUT2D eigenvalue weighted by Crippen LogP contribution is 2.35. The molecular weight excluding hydrogens is 544 g/mol. The van der Waals surface area contributed by atoms with E-state index >= 15 is 0 Å². The van der Waals surface area contributed by atoms with E-state index in [1.807, 2.05) is 12.2 Å². The summed E-state index contributed by atoms with van der Waals surface area (Å²) in [5, 5.41) is 0. The molecule has 9 rings (SSSR count). The van der Waals surface area contributed by atoms with Gasteiger partial charge < -0.3 is 9.97 Å². The molecule has 2 N–H and O–H groups in total. The van der Waals surface area contributed by atoms with E-state index in [2.05, 4.69) is 95.0 Å². The highest BCUT2D eigenvalue weighted by Gasteiger charge is 2.21. The van der Waals surface area contributed by atoms with Gasteiger partial charge in [-0.2, -0.15) is 0 Å². The van der Waals surface area contributed by atoms with Gasteiger partial charge in [-0.3, -0.25) is 0 Å². The van der Waals surface area contributed by atoms with Gasteiger partial charge in [-0.05, 0) is 72.3 Å². The number of nitrogens with zero attached hydrogens (tertiary/aromatic N) is 6. The molecule has 3 aromatic heterocycles. The molecule has 0 aromatic carbocycles. The van der Waals surface area contributed by atoms with Crippen molar-refractivity contribution in [2.75, 3.05) is 0 Å². The largest absolute Gasteiger partial charge is 0.324 e. The molecule has 0 saturated carbocycles. The van der Waals surface area contributed by atoms with Crippen LogP contribution in [0.3, 0.4) is 0 Å². The van der Waals surface area contributed by atoms with Crippen molar-refractivity contribution in [1.82, 2.24) is 39.9 Å². The van der Waals surface area contributed by atoms with E-state index in [9.17, 15) is 0 Å². The standard InChI is InChI=1S/C36H26N8/c1-2-10-21(9-1)25-17-29-37-33(25)41-30-18-26(22-11-3-4-12-22)35(38-30)43-32-20-28(24-15-7-8-16-24)36(40-32)44-31-19-27(34(39-31)42-29)23-13-5-6-14-23/h1-9,11,13,15,17-20H,10,12,14,16H2,(H2,37,38,39,40,41,42,43,44). The van der Waals surface area contributed by atoms with Gasteiger partial charge in [0.05, 0.1) is 0 Å². The highest BCUT2D eigenvalue weighted by atomic mass is 15.0. The molecule has 4 aliphatic carbocycles. The monoisotopic (exact) mass is 570 g/mol. The summed E-state index contributed by atoms with van der Waals surface area (Å²) in [7, 11) is 0. The van der Waals surface area contributed by atoms with Crippen LogP contribution in [0.1, 0.15) is 60.1 Å². The number of hydrogen-bond donors (Lipinski definition) is 2. The predicted molar refractivity (Wildman–Crippen MR) is 175 cm³/mol.